The van der Waals surface area contributed by atoms with Crippen molar-refractivity contribution in [3.8, 4) is 5.69 Å². The second-order valence-electron chi connectivity index (χ2n) is 5.86. The molecule has 0 aliphatic carbocycles. The largest absolute Gasteiger partial charge is 0.356 e. The summed E-state index contributed by atoms with van der Waals surface area (Å²) in [4.78, 5) is 11.8. The second-order valence-corrected chi connectivity index (χ2v) is 6.63. The van der Waals surface area contributed by atoms with E-state index in [9.17, 15) is 0 Å². The standard InChI is InChI=1S/C17H19N5S/c1-12-5-7-13(8-6-12)22-16-14(11-18-22)15(19-17(20-16)23-2)21-9-3-4-10-21/h5-8,11H,3-4,9-10H2,1-2H3. The summed E-state index contributed by atoms with van der Waals surface area (Å²) in [6, 6.07) is 8.36. The second kappa shape index (κ2) is 5.85. The van der Waals surface area contributed by atoms with Crippen molar-refractivity contribution >= 4 is 28.6 Å². The van der Waals surface area contributed by atoms with E-state index >= 15 is 0 Å². The number of nitrogens with zero attached hydrogens (tertiary/aromatic N) is 5. The molecule has 1 aliphatic heterocycles. The van der Waals surface area contributed by atoms with Gasteiger partial charge in [-0.1, -0.05) is 29.5 Å². The zero-order chi connectivity index (χ0) is 15.8. The van der Waals surface area contributed by atoms with E-state index in [0.29, 0.717) is 0 Å². The molecule has 3 heterocycles. The Morgan fingerprint density at radius 3 is 2.48 bits per heavy atom. The van der Waals surface area contributed by atoms with Crippen LogP contribution in [0.2, 0.25) is 0 Å². The van der Waals surface area contributed by atoms with E-state index in [1.165, 1.54) is 18.4 Å². The Bertz CT molecular complexity index is 834. The molecule has 0 amide bonds. The minimum absolute atomic E-state index is 0.799. The van der Waals surface area contributed by atoms with E-state index in [1.807, 2.05) is 17.1 Å². The van der Waals surface area contributed by atoms with Crippen LogP contribution in [0.3, 0.4) is 0 Å². The normalized spacial score (nSPS) is 14.8. The smallest absolute Gasteiger partial charge is 0.191 e. The maximum Gasteiger partial charge on any atom is 0.191 e. The van der Waals surface area contributed by atoms with Crippen molar-refractivity contribution in [1.82, 2.24) is 19.7 Å². The number of anilines is 1. The summed E-state index contributed by atoms with van der Waals surface area (Å²) in [5.74, 6) is 1.02. The molecule has 6 heteroatoms. The molecule has 118 valence electrons. The zero-order valence-electron chi connectivity index (χ0n) is 13.4. The Hall–Kier alpha value is -2.08. The number of hydrogen-bond donors (Lipinski definition) is 0. The maximum atomic E-state index is 4.75. The van der Waals surface area contributed by atoms with Gasteiger partial charge in [-0.3, -0.25) is 0 Å². The first-order chi connectivity index (χ1) is 11.3. The molecule has 3 aromatic rings. The van der Waals surface area contributed by atoms with Gasteiger partial charge in [-0.2, -0.15) is 5.10 Å². The zero-order valence-corrected chi connectivity index (χ0v) is 14.2. The van der Waals surface area contributed by atoms with Crippen LogP contribution in [0.1, 0.15) is 18.4 Å². The van der Waals surface area contributed by atoms with Crippen LogP contribution in [-0.4, -0.2) is 39.1 Å². The lowest BCUT2D eigenvalue weighted by Gasteiger charge is -2.17. The molecule has 0 N–H and O–H groups in total. The summed E-state index contributed by atoms with van der Waals surface area (Å²) in [6.07, 6.45) is 6.37. The number of fused-ring (bicyclic) bond motifs is 1. The molecule has 0 unspecified atom stereocenters. The molecule has 1 aromatic carbocycles. The summed E-state index contributed by atoms with van der Waals surface area (Å²) < 4.78 is 1.91. The summed E-state index contributed by atoms with van der Waals surface area (Å²) in [5, 5.41) is 6.41. The van der Waals surface area contributed by atoms with Crippen molar-refractivity contribution in [2.24, 2.45) is 0 Å². The molecule has 0 bridgehead atoms. The molecule has 5 nitrogen and oxygen atoms in total. The summed E-state index contributed by atoms with van der Waals surface area (Å²) >= 11 is 1.58. The van der Waals surface area contributed by atoms with Crippen LogP contribution in [-0.2, 0) is 0 Å². The lowest BCUT2D eigenvalue weighted by atomic mass is 10.2. The third kappa shape index (κ3) is 2.57. The fraction of sp³-hybridized carbons (Fsp3) is 0.353. The highest BCUT2D eigenvalue weighted by molar-refractivity contribution is 7.98. The van der Waals surface area contributed by atoms with Crippen molar-refractivity contribution in [1.29, 1.82) is 0 Å². The first kappa shape index (κ1) is 14.5. The van der Waals surface area contributed by atoms with Crippen LogP contribution in [0.4, 0.5) is 5.82 Å². The van der Waals surface area contributed by atoms with Gasteiger partial charge in [0.05, 0.1) is 17.3 Å². The highest BCUT2D eigenvalue weighted by Gasteiger charge is 2.20. The number of rotatable bonds is 3. The van der Waals surface area contributed by atoms with Crippen molar-refractivity contribution in [3.63, 3.8) is 0 Å². The predicted molar refractivity (Wildman–Crippen MR) is 94.6 cm³/mol. The van der Waals surface area contributed by atoms with E-state index in [2.05, 4.69) is 41.2 Å². The monoisotopic (exact) mass is 325 g/mol. The van der Waals surface area contributed by atoms with Crippen LogP contribution in [0.5, 0.6) is 0 Å². The molecule has 23 heavy (non-hydrogen) atoms. The topological polar surface area (TPSA) is 46.8 Å². The summed E-state index contributed by atoms with van der Waals surface area (Å²) in [7, 11) is 0. The SMILES string of the molecule is CSc1nc(N2CCCC2)c2cnn(-c3ccc(C)cc3)c2n1. The van der Waals surface area contributed by atoms with Gasteiger partial charge in [0.25, 0.3) is 0 Å². The van der Waals surface area contributed by atoms with Crippen molar-refractivity contribution in [3.05, 3.63) is 36.0 Å². The van der Waals surface area contributed by atoms with Gasteiger partial charge in [0, 0.05) is 13.1 Å². The average molecular weight is 325 g/mol. The lowest BCUT2D eigenvalue weighted by Crippen LogP contribution is -2.19. The molecule has 0 spiro atoms. The molecule has 1 fully saturated rings. The molecular weight excluding hydrogens is 306 g/mol. The fourth-order valence-corrected chi connectivity index (χ4v) is 3.37. The van der Waals surface area contributed by atoms with E-state index in [-0.39, 0.29) is 0 Å². The first-order valence-electron chi connectivity index (χ1n) is 7.88. The van der Waals surface area contributed by atoms with Gasteiger partial charge < -0.3 is 4.90 Å². The summed E-state index contributed by atoms with van der Waals surface area (Å²) in [5.41, 5.74) is 3.15. The minimum atomic E-state index is 0.799. The number of aryl methyl sites for hydroxylation is 1. The fourth-order valence-electron chi connectivity index (χ4n) is 3.01. The minimum Gasteiger partial charge on any atom is -0.356 e. The number of thioether (sulfide) groups is 1. The highest BCUT2D eigenvalue weighted by Crippen LogP contribution is 2.29. The Labute approximate surface area is 139 Å². The van der Waals surface area contributed by atoms with Gasteiger partial charge in [0.2, 0.25) is 0 Å². The quantitative estimate of drug-likeness (QED) is 0.545. The lowest BCUT2D eigenvalue weighted by molar-refractivity contribution is 0.863. The molecule has 1 aliphatic rings. The molecule has 2 aromatic heterocycles. The van der Waals surface area contributed by atoms with Crippen LogP contribution >= 0.6 is 11.8 Å². The van der Waals surface area contributed by atoms with Gasteiger partial charge in [0.15, 0.2) is 10.8 Å². The van der Waals surface area contributed by atoms with E-state index in [1.54, 1.807) is 11.8 Å². The van der Waals surface area contributed by atoms with E-state index in [4.69, 9.17) is 9.97 Å². The van der Waals surface area contributed by atoms with E-state index in [0.717, 1.165) is 40.8 Å². The molecule has 0 atom stereocenters. The predicted octanol–water partition coefficient (Wildman–Crippen LogP) is 3.45. The van der Waals surface area contributed by atoms with Crippen LogP contribution in [0.25, 0.3) is 16.7 Å². The summed E-state index contributed by atoms with van der Waals surface area (Å²) in [6.45, 7) is 4.22. The van der Waals surface area contributed by atoms with Crippen LogP contribution in [0, 0.1) is 6.92 Å². The maximum absolute atomic E-state index is 4.75. The van der Waals surface area contributed by atoms with E-state index < -0.39 is 0 Å². The Kier molecular flexibility index (Phi) is 3.69. The van der Waals surface area contributed by atoms with Crippen molar-refractivity contribution in [2.75, 3.05) is 24.2 Å². The Balaban J connectivity index is 1.90. The molecule has 0 radical (unpaired) electrons. The Morgan fingerprint density at radius 2 is 1.78 bits per heavy atom. The van der Waals surface area contributed by atoms with Gasteiger partial charge in [-0.15, -0.1) is 0 Å². The van der Waals surface area contributed by atoms with Gasteiger partial charge in [-0.05, 0) is 38.2 Å². The van der Waals surface area contributed by atoms with Crippen molar-refractivity contribution < 1.29 is 0 Å². The molecule has 1 saturated heterocycles. The number of aromatic nitrogens is 4. The van der Waals surface area contributed by atoms with Crippen LogP contribution in [0.15, 0.2) is 35.6 Å². The molecule has 0 saturated carbocycles. The van der Waals surface area contributed by atoms with Gasteiger partial charge >= 0.3 is 0 Å². The third-order valence-corrected chi connectivity index (χ3v) is 4.80. The Morgan fingerprint density at radius 1 is 1.04 bits per heavy atom. The first-order valence-corrected chi connectivity index (χ1v) is 9.10. The van der Waals surface area contributed by atoms with Crippen molar-refractivity contribution in [2.45, 2.75) is 24.9 Å². The van der Waals surface area contributed by atoms with Crippen LogP contribution < -0.4 is 4.90 Å². The molecular formula is C17H19N5S. The van der Waals surface area contributed by atoms with Gasteiger partial charge in [-0.25, -0.2) is 14.6 Å². The highest BCUT2D eigenvalue weighted by atomic mass is 32.2. The van der Waals surface area contributed by atoms with Gasteiger partial charge in [0.1, 0.15) is 5.82 Å². The third-order valence-electron chi connectivity index (χ3n) is 4.25. The average Bonchev–Trinajstić information content (AvgIpc) is 3.24. The number of benzene rings is 1. The number of hydrogen-bond acceptors (Lipinski definition) is 5. The molecule has 4 rings (SSSR count).